The standard InChI is InChI=1S/C30H42O12/c1-14-24(38-16(3)32)11-22-26(40-18(5)34)10-21(13-31)23(37)12-25(39-17(4)33)15(2)28(41-19(6)35)29(42-20(7)36)27(14)30(22,8)9/h10,22-26,29,31,37H,11-13H2,1-9H3/b21-10+,28-15?/t22-,23-,24-,25-,26-,29+/m0/s1. The summed E-state index contributed by atoms with van der Waals surface area (Å²) < 4.78 is 28.4. The fourth-order valence-electron chi connectivity index (χ4n) is 5.85. The van der Waals surface area contributed by atoms with Crippen LogP contribution in [0, 0.1) is 11.3 Å². The van der Waals surface area contributed by atoms with Crippen molar-refractivity contribution in [3.8, 4) is 0 Å². The third-order valence-electron chi connectivity index (χ3n) is 7.65. The summed E-state index contributed by atoms with van der Waals surface area (Å²) >= 11 is 0. The quantitative estimate of drug-likeness (QED) is 0.262. The van der Waals surface area contributed by atoms with Gasteiger partial charge in [-0.3, -0.25) is 24.0 Å². The number of esters is 5. The third-order valence-corrected chi connectivity index (χ3v) is 7.65. The van der Waals surface area contributed by atoms with Gasteiger partial charge in [0, 0.05) is 52.5 Å². The van der Waals surface area contributed by atoms with E-state index in [0.717, 1.165) is 13.8 Å². The number of carbonyl (C=O) groups is 5. The molecule has 12 heteroatoms. The van der Waals surface area contributed by atoms with Gasteiger partial charge in [0.2, 0.25) is 0 Å². The molecule has 234 valence electrons. The van der Waals surface area contributed by atoms with Gasteiger partial charge in [0.05, 0.1) is 12.7 Å². The SMILES string of the molecule is CC(=O)OC1=C(C)[C@@H](OC(C)=O)C[C@H](O)/C(CO)=C/[C@H](OC(C)=O)[C@@H]2C[C@H](OC(C)=O)C(C)=C([C@H]1OC(C)=O)C2(C)C. The Labute approximate surface area is 245 Å². The molecule has 2 aliphatic rings. The maximum atomic E-state index is 12.5. The summed E-state index contributed by atoms with van der Waals surface area (Å²) in [6.07, 6.45) is -4.54. The fourth-order valence-corrected chi connectivity index (χ4v) is 5.85. The Bertz CT molecular complexity index is 1190. The van der Waals surface area contributed by atoms with Gasteiger partial charge in [0.25, 0.3) is 0 Å². The van der Waals surface area contributed by atoms with E-state index in [0.29, 0.717) is 11.1 Å². The van der Waals surface area contributed by atoms with Crippen molar-refractivity contribution in [3.63, 3.8) is 0 Å². The van der Waals surface area contributed by atoms with Crippen molar-refractivity contribution in [1.82, 2.24) is 0 Å². The second kappa shape index (κ2) is 14.1. The number of hydrogen-bond acceptors (Lipinski definition) is 12. The zero-order valence-electron chi connectivity index (χ0n) is 25.6. The van der Waals surface area contributed by atoms with E-state index in [4.69, 9.17) is 23.7 Å². The molecule has 42 heavy (non-hydrogen) atoms. The van der Waals surface area contributed by atoms with Crippen LogP contribution in [0.5, 0.6) is 0 Å². The van der Waals surface area contributed by atoms with Gasteiger partial charge in [-0.25, -0.2) is 0 Å². The van der Waals surface area contributed by atoms with Crippen LogP contribution in [0.25, 0.3) is 0 Å². The summed E-state index contributed by atoms with van der Waals surface area (Å²) in [6.45, 7) is 12.2. The average Bonchev–Trinajstić information content (AvgIpc) is 2.83. The van der Waals surface area contributed by atoms with Crippen molar-refractivity contribution in [2.24, 2.45) is 11.3 Å². The lowest BCUT2D eigenvalue weighted by molar-refractivity contribution is -0.156. The molecule has 2 aliphatic carbocycles. The highest BCUT2D eigenvalue weighted by Gasteiger charge is 2.51. The maximum absolute atomic E-state index is 12.5. The molecule has 0 aliphatic heterocycles. The molecule has 0 radical (unpaired) electrons. The molecule has 0 saturated heterocycles. The Morgan fingerprint density at radius 3 is 1.74 bits per heavy atom. The smallest absolute Gasteiger partial charge is 0.307 e. The zero-order valence-corrected chi connectivity index (χ0v) is 25.6. The van der Waals surface area contributed by atoms with E-state index in [2.05, 4.69) is 0 Å². The van der Waals surface area contributed by atoms with E-state index in [-0.39, 0.29) is 29.7 Å². The van der Waals surface area contributed by atoms with Gasteiger partial charge in [0.15, 0.2) is 11.9 Å². The summed E-state index contributed by atoms with van der Waals surface area (Å²) in [7, 11) is 0. The lowest BCUT2D eigenvalue weighted by atomic mass is 9.60. The number of aliphatic hydroxyl groups is 2. The molecule has 0 aromatic heterocycles. The van der Waals surface area contributed by atoms with Crippen LogP contribution < -0.4 is 0 Å². The molecule has 0 fully saturated rings. The molecule has 2 rings (SSSR count). The first-order chi connectivity index (χ1) is 19.4. The number of hydrogen-bond donors (Lipinski definition) is 2. The normalized spacial score (nSPS) is 29.2. The minimum Gasteiger partial charge on any atom is -0.458 e. The molecule has 2 bridgehead atoms. The minimum absolute atomic E-state index is 0.0880. The van der Waals surface area contributed by atoms with Crippen molar-refractivity contribution in [2.45, 2.75) is 106 Å². The van der Waals surface area contributed by atoms with Crippen molar-refractivity contribution in [2.75, 3.05) is 6.61 Å². The van der Waals surface area contributed by atoms with E-state index in [1.54, 1.807) is 6.92 Å². The molecule has 0 spiro atoms. The van der Waals surface area contributed by atoms with Crippen LogP contribution in [-0.2, 0) is 47.7 Å². The van der Waals surface area contributed by atoms with Gasteiger partial charge >= 0.3 is 29.8 Å². The van der Waals surface area contributed by atoms with E-state index >= 15 is 0 Å². The second-order valence-corrected chi connectivity index (χ2v) is 11.2. The van der Waals surface area contributed by atoms with Crippen molar-refractivity contribution in [1.29, 1.82) is 0 Å². The Kier molecular flexibility index (Phi) is 11.7. The van der Waals surface area contributed by atoms with Gasteiger partial charge in [-0.1, -0.05) is 13.8 Å². The summed E-state index contributed by atoms with van der Waals surface area (Å²) in [5.41, 5.74) is 0.177. The highest BCUT2D eigenvalue weighted by molar-refractivity contribution is 5.70. The van der Waals surface area contributed by atoms with Gasteiger partial charge in [-0.05, 0) is 48.5 Å². The highest BCUT2D eigenvalue weighted by Crippen LogP contribution is 2.51. The summed E-state index contributed by atoms with van der Waals surface area (Å²) in [5, 5.41) is 21.4. The molecule has 6 atom stereocenters. The maximum Gasteiger partial charge on any atom is 0.307 e. The van der Waals surface area contributed by atoms with Crippen LogP contribution >= 0.6 is 0 Å². The highest BCUT2D eigenvalue weighted by atomic mass is 16.6. The number of aliphatic hydroxyl groups excluding tert-OH is 2. The van der Waals surface area contributed by atoms with Crippen molar-refractivity contribution >= 4 is 29.8 Å². The molecule has 12 nitrogen and oxygen atoms in total. The first kappa shape index (κ1) is 34.7. The Balaban J connectivity index is 3.13. The van der Waals surface area contributed by atoms with Gasteiger partial charge < -0.3 is 33.9 Å². The number of carbonyl (C=O) groups excluding carboxylic acids is 5. The summed E-state index contributed by atoms with van der Waals surface area (Å²) in [4.78, 5) is 61.5. The molecule has 0 unspecified atom stereocenters. The first-order valence-electron chi connectivity index (χ1n) is 13.7. The van der Waals surface area contributed by atoms with E-state index in [1.807, 2.05) is 13.8 Å². The Morgan fingerprint density at radius 1 is 0.786 bits per heavy atom. The number of fused-ring (bicyclic) bond motifs is 2. The van der Waals surface area contributed by atoms with E-state index < -0.39 is 78.3 Å². The van der Waals surface area contributed by atoms with Crippen molar-refractivity contribution < 1.29 is 57.9 Å². The predicted molar refractivity (Wildman–Crippen MR) is 147 cm³/mol. The molecular formula is C30H42O12. The molecule has 0 amide bonds. The average molecular weight is 595 g/mol. The van der Waals surface area contributed by atoms with E-state index in [9.17, 15) is 34.2 Å². The monoisotopic (exact) mass is 594 g/mol. The third kappa shape index (κ3) is 8.28. The number of ether oxygens (including phenoxy) is 5. The Morgan fingerprint density at radius 2 is 1.29 bits per heavy atom. The van der Waals surface area contributed by atoms with Crippen LogP contribution in [0.3, 0.4) is 0 Å². The van der Waals surface area contributed by atoms with Crippen LogP contribution in [0.15, 0.2) is 34.1 Å². The van der Waals surface area contributed by atoms with E-state index in [1.165, 1.54) is 33.8 Å². The van der Waals surface area contributed by atoms with Crippen LogP contribution in [0.2, 0.25) is 0 Å². The predicted octanol–water partition coefficient (Wildman–Crippen LogP) is 2.60. The fraction of sp³-hybridized carbons (Fsp3) is 0.633. The zero-order chi connectivity index (χ0) is 32.1. The summed E-state index contributed by atoms with van der Waals surface area (Å²) in [6, 6.07) is 0. The van der Waals surface area contributed by atoms with Gasteiger partial charge in [-0.15, -0.1) is 0 Å². The molecule has 0 saturated carbocycles. The molecule has 0 aromatic rings. The van der Waals surface area contributed by atoms with Gasteiger partial charge in [-0.2, -0.15) is 0 Å². The van der Waals surface area contributed by atoms with Crippen LogP contribution in [0.4, 0.5) is 0 Å². The number of rotatable bonds is 6. The second-order valence-electron chi connectivity index (χ2n) is 11.2. The lowest BCUT2D eigenvalue weighted by Gasteiger charge is -2.48. The van der Waals surface area contributed by atoms with Gasteiger partial charge in [0.1, 0.15) is 18.3 Å². The van der Waals surface area contributed by atoms with Crippen molar-refractivity contribution in [3.05, 3.63) is 34.1 Å². The molecule has 2 N–H and O–H groups in total. The molecular weight excluding hydrogens is 552 g/mol. The largest absolute Gasteiger partial charge is 0.458 e. The van der Waals surface area contributed by atoms with Crippen LogP contribution in [0.1, 0.15) is 75.2 Å². The molecule has 0 aromatic carbocycles. The Hall–Kier alpha value is -3.51. The first-order valence-corrected chi connectivity index (χ1v) is 13.7. The minimum atomic E-state index is -1.40. The molecule has 0 heterocycles. The lowest BCUT2D eigenvalue weighted by Crippen LogP contribution is -2.49. The topological polar surface area (TPSA) is 172 Å². The summed E-state index contributed by atoms with van der Waals surface area (Å²) in [5.74, 6) is -4.23. The van der Waals surface area contributed by atoms with Crippen LogP contribution in [-0.4, -0.2) is 77.2 Å².